The average molecular weight is 383 g/mol. The standard InChI is InChI=1S/C28H46/c1-3-5-6-8-24-9-11-25(12-10-24)13-14-26-17-21-28(22-18-26)27-19-15-23(7-4-2)16-20-27/h17-18,21-25,27H,3-16,19-20H2,1-2H3. The lowest BCUT2D eigenvalue weighted by molar-refractivity contribution is 0.249. The van der Waals surface area contributed by atoms with Gasteiger partial charge in [-0.2, -0.15) is 0 Å². The van der Waals surface area contributed by atoms with Crippen molar-refractivity contribution in [1.82, 2.24) is 0 Å². The first-order chi connectivity index (χ1) is 13.8. The van der Waals surface area contributed by atoms with Gasteiger partial charge in [0, 0.05) is 0 Å². The van der Waals surface area contributed by atoms with Crippen molar-refractivity contribution >= 4 is 0 Å². The van der Waals surface area contributed by atoms with Crippen LogP contribution in [-0.4, -0.2) is 0 Å². The zero-order chi connectivity index (χ0) is 19.6. The number of hydrogen-bond donors (Lipinski definition) is 0. The van der Waals surface area contributed by atoms with Gasteiger partial charge in [-0.3, -0.25) is 0 Å². The average Bonchev–Trinajstić information content (AvgIpc) is 2.75. The molecule has 0 amide bonds. The molecular formula is C28H46. The molecule has 0 unspecified atom stereocenters. The lowest BCUT2D eigenvalue weighted by Crippen LogP contribution is -2.15. The van der Waals surface area contributed by atoms with Gasteiger partial charge in [-0.05, 0) is 73.3 Å². The Morgan fingerprint density at radius 3 is 1.79 bits per heavy atom. The summed E-state index contributed by atoms with van der Waals surface area (Å²) in [5.41, 5.74) is 3.19. The van der Waals surface area contributed by atoms with E-state index in [1.165, 1.54) is 103 Å². The monoisotopic (exact) mass is 382 g/mol. The van der Waals surface area contributed by atoms with Crippen molar-refractivity contribution < 1.29 is 0 Å². The zero-order valence-electron chi connectivity index (χ0n) is 18.9. The summed E-state index contributed by atoms with van der Waals surface area (Å²) in [4.78, 5) is 0. The predicted octanol–water partition coefficient (Wildman–Crippen LogP) is 9.08. The molecule has 2 fully saturated rings. The third kappa shape index (κ3) is 6.93. The van der Waals surface area contributed by atoms with Crippen molar-refractivity contribution in [3.8, 4) is 0 Å². The highest BCUT2D eigenvalue weighted by Crippen LogP contribution is 2.38. The van der Waals surface area contributed by atoms with Crippen molar-refractivity contribution in [3.05, 3.63) is 35.4 Å². The summed E-state index contributed by atoms with van der Waals surface area (Å²) in [5, 5.41) is 0. The molecule has 0 aromatic heterocycles. The van der Waals surface area contributed by atoms with E-state index in [2.05, 4.69) is 38.1 Å². The topological polar surface area (TPSA) is 0 Å². The molecule has 0 heterocycles. The van der Waals surface area contributed by atoms with Crippen LogP contribution < -0.4 is 0 Å². The van der Waals surface area contributed by atoms with Gasteiger partial charge in [0.25, 0.3) is 0 Å². The highest BCUT2D eigenvalue weighted by molar-refractivity contribution is 5.26. The number of benzene rings is 1. The van der Waals surface area contributed by atoms with Crippen LogP contribution in [0.25, 0.3) is 0 Å². The van der Waals surface area contributed by atoms with Crippen molar-refractivity contribution in [2.75, 3.05) is 0 Å². The summed E-state index contributed by atoms with van der Waals surface area (Å²) < 4.78 is 0. The van der Waals surface area contributed by atoms with Crippen LogP contribution in [0.1, 0.15) is 127 Å². The molecule has 0 saturated heterocycles. The Hall–Kier alpha value is -0.780. The molecule has 158 valence electrons. The number of rotatable bonds is 10. The first-order valence-corrected chi connectivity index (χ1v) is 12.9. The minimum Gasteiger partial charge on any atom is -0.0654 e. The fourth-order valence-corrected chi connectivity index (χ4v) is 6.01. The van der Waals surface area contributed by atoms with E-state index in [-0.39, 0.29) is 0 Å². The highest BCUT2D eigenvalue weighted by Gasteiger charge is 2.22. The van der Waals surface area contributed by atoms with Crippen molar-refractivity contribution in [3.63, 3.8) is 0 Å². The first-order valence-electron chi connectivity index (χ1n) is 12.9. The maximum atomic E-state index is 2.46. The van der Waals surface area contributed by atoms with E-state index in [9.17, 15) is 0 Å². The van der Waals surface area contributed by atoms with Gasteiger partial charge >= 0.3 is 0 Å². The molecule has 2 aliphatic carbocycles. The van der Waals surface area contributed by atoms with E-state index in [0.717, 1.165) is 23.7 Å². The van der Waals surface area contributed by atoms with Crippen LogP contribution in [0.2, 0.25) is 0 Å². The molecule has 0 bridgehead atoms. The van der Waals surface area contributed by atoms with Crippen LogP contribution in [0.4, 0.5) is 0 Å². The summed E-state index contributed by atoms with van der Waals surface area (Å²) >= 11 is 0. The second kappa shape index (κ2) is 12.0. The third-order valence-corrected chi connectivity index (χ3v) is 8.02. The molecule has 0 N–H and O–H groups in total. The van der Waals surface area contributed by atoms with Crippen molar-refractivity contribution in [2.24, 2.45) is 17.8 Å². The maximum absolute atomic E-state index is 2.46. The number of unbranched alkanes of at least 4 members (excludes halogenated alkanes) is 2. The third-order valence-electron chi connectivity index (χ3n) is 8.02. The fourth-order valence-electron chi connectivity index (χ4n) is 6.01. The molecule has 0 nitrogen and oxygen atoms in total. The first kappa shape index (κ1) is 21.9. The van der Waals surface area contributed by atoms with Gasteiger partial charge in [-0.1, -0.05) is 102 Å². The minimum atomic E-state index is 0.838. The Morgan fingerprint density at radius 1 is 0.607 bits per heavy atom. The molecule has 0 atom stereocenters. The van der Waals surface area contributed by atoms with Crippen LogP contribution in [0.5, 0.6) is 0 Å². The zero-order valence-corrected chi connectivity index (χ0v) is 18.9. The molecule has 0 aliphatic heterocycles. The second-order valence-corrected chi connectivity index (χ2v) is 10.2. The van der Waals surface area contributed by atoms with E-state index in [1.54, 1.807) is 11.1 Å². The smallest absolute Gasteiger partial charge is 0.0162 e. The highest BCUT2D eigenvalue weighted by atomic mass is 14.3. The maximum Gasteiger partial charge on any atom is -0.0162 e. The molecule has 1 aromatic carbocycles. The van der Waals surface area contributed by atoms with Gasteiger partial charge in [0.05, 0.1) is 0 Å². The minimum absolute atomic E-state index is 0.838. The second-order valence-electron chi connectivity index (χ2n) is 10.2. The molecule has 0 heteroatoms. The van der Waals surface area contributed by atoms with Crippen LogP contribution in [0, 0.1) is 17.8 Å². The lowest BCUT2D eigenvalue weighted by Gasteiger charge is -2.29. The van der Waals surface area contributed by atoms with E-state index in [1.807, 2.05) is 0 Å². The van der Waals surface area contributed by atoms with Crippen molar-refractivity contribution in [1.29, 1.82) is 0 Å². The molecule has 0 spiro atoms. The number of aryl methyl sites for hydroxylation is 1. The number of hydrogen-bond acceptors (Lipinski definition) is 0. The van der Waals surface area contributed by atoms with Gasteiger partial charge in [-0.25, -0.2) is 0 Å². The Kier molecular flexibility index (Phi) is 9.42. The Bertz CT molecular complexity index is 511. The molecule has 1 aromatic rings. The van der Waals surface area contributed by atoms with Crippen LogP contribution in [0.3, 0.4) is 0 Å². The molecule has 2 aliphatic rings. The Labute approximate surface area is 175 Å². The summed E-state index contributed by atoms with van der Waals surface area (Å²) in [6.07, 6.45) is 23.1. The lowest BCUT2D eigenvalue weighted by atomic mass is 9.76. The van der Waals surface area contributed by atoms with Crippen molar-refractivity contribution in [2.45, 2.75) is 122 Å². The van der Waals surface area contributed by atoms with Gasteiger partial charge in [0.2, 0.25) is 0 Å². The van der Waals surface area contributed by atoms with E-state index >= 15 is 0 Å². The van der Waals surface area contributed by atoms with E-state index in [4.69, 9.17) is 0 Å². The Morgan fingerprint density at radius 2 is 1.18 bits per heavy atom. The molecule has 2 saturated carbocycles. The van der Waals surface area contributed by atoms with Gasteiger partial charge in [0.1, 0.15) is 0 Å². The summed E-state index contributed by atoms with van der Waals surface area (Å²) in [6, 6.07) is 9.82. The quantitative estimate of drug-likeness (QED) is 0.354. The normalized spacial score (nSPS) is 28.4. The predicted molar refractivity (Wildman–Crippen MR) is 124 cm³/mol. The van der Waals surface area contributed by atoms with Gasteiger partial charge in [-0.15, -0.1) is 0 Å². The van der Waals surface area contributed by atoms with Crippen LogP contribution >= 0.6 is 0 Å². The van der Waals surface area contributed by atoms with Crippen LogP contribution in [0.15, 0.2) is 24.3 Å². The van der Waals surface area contributed by atoms with Gasteiger partial charge < -0.3 is 0 Å². The molecular weight excluding hydrogens is 336 g/mol. The SMILES string of the molecule is CCCCCC1CCC(CCc2ccc(C3CCC(CCC)CC3)cc2)CC1. The molecule has 3 rings (SSSR count). The summed E-state index contributed by atoms with van der Waals surface area (Å²) in [5.74, 6) is 3.90. The fraction of sp³-hybridized carbons (Fsp3) is 0.786. The van der Waals surface area contributed by atoms with E-state index < -0.39 is 0 Å². The van der Waals surface area contributed by atoms with Gasteiger partial charge in [0.15, 0.2) is 0 Å². The Balaban J connectivity index is 1.35. The molecule has 0 radical (unpaired) electrons. The summed E-state index contributed by atoms with van der Waals surface area (Å²) in [6.45, 7) is 4.66. The summed E-state index contributed by atoms with van der Waals surface area (Å²) in [7, 11) is 0. The van der Waals surface area contributed by atoms with E-state index in [0.29, 0.717) is 0 Å². The molecule has 28 heavy (non-hydrogen) atoms. The largest absolute Gasteiger partial charge is 0.0654 e. The van der Waals surface area contributed by atoms with Crippen LogP contribution in [-0.2, 0) is 6.42 Å².